The van der Waals surface area contributed by atoms with Crippen LogP contribution in [0.2, 0.25) is 0 Å². The van der Waals surface area contributed by atoms with Crippen LogP contribution in [0, 0.1) is 6.92 Å². The van der Waals surface area contributed by atoms with Gasteiger partial charge in [0.2, 0.25) is 5.88 Å². The average Bonchev–Trinajstić information content (AvgIpc) is 2.44. The molecule has 0 N–H and O–H groups in total. The Morgan fingerprint density at radius 3 is 2.74 bits per heavy atom. The number of fused-ring (bicyclic) bond motifs is 1. The quantitative estimate of drug-likeness (QED) is 0.699. The average molecular weight is 315 g/mol. The van der Waals surface area contributed by atoms with Crippen LogP contribution < -0.4 is 4.74 Å². The maximum Gasteiger partial charge on any atom is 0.233 e. The fourth-order valence-electron chi connectivity index (χ4n) is 1.85. The van der Waals surface area contributed by atoms with E-state index in [1.165, 1.54) is 0 Å². The van der Waals surface area contributed by atoms with E-state index in [0.29, 0.717) is 11.6 Å². The molecule has 0 unspecified atom stereocenters. The summed E-state index contributed by atoms with van der Waals surface area (Å²) < 4.78 is 6.75. The molecule has 0 saturated carbocycles. The van der Waals surface area contributed by atoms with Gasteiger partial charge in [0.1, 0.15) is 5.52 Å². The van der Waals surface area contributed by atoms with E-state index < -0.39 is 0 Å². The van der Waals surface area contributed by atoms with Gasteiger partial charge in [-0.05, 0) is 46.6 Å². The zero-order valence-electron chi connectivity index (χ0n) is 10.3. The Labute approximate surface area is 119 Å². The van der Waals surface area contributed by atoms with Crippen LogP contribution in [0.5, 0.6) is 11.6 Å². The molecular formula is C15H11BrN2O. The maximum atomic E-state index is 5.88. The number of aromatic nitrogens is 2. The number of ether oxygens (including phenoxy) is 1. The van der Waals surface area contributed by atoms with Crippen molar-refractivity contribution in [1.82, 2.24) is 9.97 Å². The van der Waals surface area contributed by atoms with Gasteiger partial charge in [0.05, 0.1) is 4.47 Å². The standard InChI is InChI=1S/C15H11BrN2O/c1-10-7-9-18-15(13(10)16)19-12-6-2-4-11-5-3-8-17-14(11)12/h2-9H,1H3. The number of hydrogen-bond donors (Lipinski definition) is 0. The molecule has 3 nitrogen and oxygen atoms in total. The Bertz CT molecular complexity index is 738. The molecule has 94 valence electrons. The smallest absolute Gasteiger partial charge is 0.233 e. The normalized spacial score (nSPS) is 10.6. The minimum atomic E-state index is 0.554. The highest BCUT2D eigenvalue weighted by Gasteiger charge is 2.09. The molecule has 0 aliphatic rings. The molecule has 0 spiro atoms. The number of aryl methyl sites for hydroxylation is 1. The number of hydrogen-bond acceptors (Lipinski definition) is 3. The van der Waals surface area contributed by atoms with Crippen molar-refractivity contribution >= 4 is 26.8 Å². The number of benzene rings is 1. The summed E-state index contributed by atoms with van der Waals surface area (Å²) in [7, 11) is 0. The molecule has 0 radical (unpaired) electrons. The zero-order chi connectivity index (χ0) is 13.2. The number of para-hydroxylation sites is 1. The van der Waals surface area contributed by atoms with Crippen LogP contribution in [0.4, 0.5) is 0 Å². The number of pyridine rings is 2. The second-order valence-corrected chi connectivity index (χ2v) is 4.97. The van der Waals surface area contributed by atoms with Crippen molar-refractivity contribution < 1.29 is 4.74 Å². The largest absolute Gasteiger partial charge is 0.436 e. The summed E-state index contributed by atoms with van der Waals surface area (Å²) in [5, 5.41) is 1.05. The predicted octanol–water partition coefficient (Wildman–Crippen LogP) is 4.49. The molecule has 2 heterocycles. The molecule has 3 rings (SSSR count). The van der Waals surface area contributed by atoms with Crippen LogP contribution in [-0.4, -0.2) is 9.97 Å². The Hall–Kier alpha value is -1.94. The molecule has 19 heavy (non-hydrogen) atoms. The van der Waals surface area contributed by atoms with Gasteiger partial charge in [-0.1, -0.05) is 18.2 Å². The van der Waals surface area contributed by atoms with Gasteiger partial charge in [0.25, 0.3) is 0 Å². The first-order valence-electron chi connectivity index (χ1n) is 5.88. The molecule has 2 aromatic heterocycles. The maximum absolute atomic E-state index is 5.88. The summed E-state index contributed by atoms with van der Waals surface area (Å²) in [6.07, 6.45) is 3.49. The lowest BCUT2D eigenvalue weighted by Crippen LogP contribution is -1.92. The summed E-state index contributed by atoms with van der Waals surface area (Å²) in [6.45, 7) is 2.00. The van der Waals surface area contributed by atoms with Crippen LogP contribution in [0.25, 0.3) is 10.9 Å². The van der Waals surface area contributed by atoms with Gasteiger partial charge in [-0.2, -0.15) is 0 Å². The van der Waals surface area contributed by atoms with Gasteiger partial charge >= 0.3 is 0 Å². The van der Waals surface area contributed by atoms with E-state index in [-0.39, 0.29) is 0 Å². The fourth-order valence-corrected chi connectivity index (χ4v) is 2.16. The second-order valence-electron chi connectivity index (χ2n) is 4.18. The van der Waals surface area contributed by atoms with E-state index in [0.717, 1.165) is 20.9 Å². The Morgan fingerprint density at radius 2 is 1.84 bits per heavy atom. The Balaban J connectivity index is 2.09. The first kappa shape index (κ1) is 12.1. The lowest BCUT2D eigenvalue weighted by Gasteiger charge is -2.09. The molecule has 1 aromatic carbocycles. The second kappa shape index (κ2) is 4.97. The summed E-state index contributed by atoms with van der Waals surface area (Å²) in [6, 6.07) is 11.7. The summed E-state index contributed by atoms with van der Waals surface area (Å²) in [4.78, 5) is 8.61. The van der Waals surface area contributed by atoms with Crippen LogP contribution >= 0.6 is 15.9 Å². The minimum Gasteiger partial charge on any atom is -0.436 e. The summed E-state index contributed by atoms with van der Waals surface area (Å²) >= 11 is 3.49. The van der Waals surface area contributed by atoms with Crippen molar-refractivity contribution in [2.24, 2.45) is 0 Å². The molecule has 0 saturated heterocycles. The molecule has 0 aliphatic carbocycles. The molecule has 0 fully saturated rings. The number of halogens is 1. The highest BCUT2D eigenvalue weighted by molar-refractivity contribution is 9.10. The summed E-state index contributed by atoms with van der Waals surface area (Å²) in [5.41, 5.74) is 1.92. The molecule has 0 atom stereocenters. The fraction of sp³-hybridized carbons (Fsp3) is 0.0667. The monoisotopic (exact) mass is 314 g/mol. The lowest BCUT2D eigenvalue weighted by molar-refractivity contribution is 0.463. The van der Waals surface area contributed by atoms with Gasteiger partial charge in [-0.3, -0.25) is 4.98 Å². The predicted molar refractivity (Wildman–Crippen MR) is 78.5 cm³/mol. The molecule has 4 heteroatoms. The van der Waals surface area contributed by atoms with E-state index in [4.69, 9.17) is 4.74 Å². The van der Waals surface area contributed by atoms with Gasteiger partial charge in [0, 0.05) is 17.8 Å². The van der Waals surface area contributed by atoms with Gasteiger partial charge < -0.3 is 4.74 Å². The number of nitrogens with zero attached hydrogens (tertiary/aromatic N) is 2. The SMILES string of the molecule is Cc1ccnc(Oc2cccc3cccnc23)c1Br. The summed E-state index contributed by atoms with van der Waals surface area (Å²) in [5.74, 6) is 1.26. The van der Waals surface area contributed by atoms with Crippen molar-refractivity contribution in [3.8, 4) is 11.6 Å². The van der Waals surface area contributed by atoms with Gasteiger partial charge in [0.15, 0.2) is 5.75 Å². The van der Waals surface area contributed by atoms with E-state index in [2.05, 4.69) is 25.9 Å². The van der Waals surface area contributed by atoms with Gasteiger partial charge in [-0.25, -0.2) is 4.98 Å². The highest BCUT2D eigenvalue weighted by Crippen LogP contribution is 2.32. The van der Waals surface area contributed by atoms with Crippen molar-refractivity contribution in [2.45, 2.75) is 6.92 Å². The molecular weight excluding hydrogens is 304 g/mol. The third kappa shape index (κ3) is 2.31. The van der Waals surface area contributed by atoms with Crippen LogP contribution in [0.15, 0.2) is 53.3 Å². The van der Waals surface area contributed by atoms with Crippen molar-refractivity contribution in [2.75, 3.05) is 0 Å². The zero-order valence-corrected chi connectivity index (χ0v) is 11.9. The Morgan fingerprint density at radius 1 is 1.00 bits per heavy atom. The highest BCUT2D eigenvalue weighted by atomic mass is 79.9. The van der Waals surface area contributed by atoms with Crippen LogP contribution in [-0.2, 0) is 0 Å². The van der Waals surface area contributed by atoms with E-state index in [1.807, 2.05) is 43.3 Å². The Kier molecular flexibility index (Phi) is 3.17. The molecule has 3 aromatic rings. The van der Waals surface area contributed by atoms with Crippen molar-refractivity contribution in [3.63, 3.8) is 0 Å². The van der Waals surface area contributed by atoms with E-state index >= 15 is 0 Å². The lowest BCUT2D eigenvalue weighted by atomic mass is 10.2. The minimum absolute atomic E-state index is 0.554. The first-order chi connectivity index (χ1) is 9.25. The molecule has 0 amide bonds. The molecule has 0 aliphatic heterocycles. The molecule has 0 bridgehead atoms. The first-order valence-corrected chi connectivity index (χ1v) is 6.68. The van der Waals surface area contributed by atoms with E-state index in [1.54, 1.807) is 12.4 Å². The number of rotatable bonds is 2. The van der Waals surface area contributed by atoms with Crippen molar-refractivity contribution in [3.05, 3.63) is 58.8 Å². The third-order valence-corrected chi connectivity index (χ3v) is 3.82. The van der Waals surface area contributed by atoms with E-state index in [9.17, 15) is 0 Å². The van der Waals surface area contributed by atoms with Gasteiger partial charge in [-0.15, -0.1) is 0 Å². The van der Waals surface area contributed by atoms with Crippen LogP contribution in [0.1, 0.15) is 5.56 Å². The third-order valence-electron chi connectivity index (χ3n) is 2.85. The van der Waals surface area contributed by atoms with Crippen molar-refractivity contribution in [1.29, 1.82) is 0 Å². The van der Waals surface area contributed by atoms with Crippen LogP contribution in [0.3, 0.4) is 0 Å². The topological polar surface area (TPSA) is 35.0 Å².